The summed E-state index contributed by atoms with van der Waals surface area (Å²) in [5.41, 5.74) is 0. The van der Waals surface area contributed by atoms with Crippen molar-refractivity contribution in [1.29, 1.82) is 0 Å². The summed E-state index contributed by atoms with van der Waals surface area (Å²) in [7, 11) is 3.48. The molecule has 0 radical (unpaired) electrons. The van der Waals surface area contributed by atoms with E-state index in [1.807, 2.05) is 0 Å². The highest BCUT2D eigenvalue weighted by atomic mass is 35.5. The number of hydrogen-bond acceptors (Lipinski definition) is 3. The summed E-state index contributed by atoms with van der Waals surface area (Å²) in [6.45, 7) is 6.89. The molecule has 4 heteroatoms. The van der Waals surface area contributed by atoms with E-state index >= 15 is 0 Å². The molecule has 0 aromatic rings. The molecule has 16 heavy (non-hydrogen) atoms. The van der Waals surface area contributed by atoms with Gasteiger partial charge in [-0.05, 0) is 25.3 Å². The van der Waals surface area contributed by atoms with E-state index in [1.54, 1.807) is 14.2 Å². The van der Waals surface area contributed by atoms with E-state index in [4.69, 9.17) is 21.1 Å². The molecule has 0 N–H and O–H groups in total. The molecule has 0 aliphatic carbocycles. The van der Waals surface area contributed by atoms with Crippen molar-refractivity contribution in [2.75, 3.05) is 52.9 Å². The molecule has 0 saturated heterocycles. The van der Waals surface area contributed by atoms with Gasteiger partial charge < -0.3 is 9.47 Å². The standard InChI is InChI=1S/C12H26ClNO2/c1-12(4-6-13)5-7-14(8-10-15-2)9-11-16-3/h12H,4-11H2,1-3H3. The van der Waals surface area contributed by atoms with Gasteiger partial charge in [-0.3, -0.25) is 4.90 Å². The predicted molar refractivity (Wildman–Crippen MR) is 69.3 cm³/mol. The maximum absolute atomic E-state index is 5.73. The molecule has 0 spiro atoms. The van der Waals surface area contributed by atoms with Gasteiger partial charge in [-0.25, -0.2) is 0 Å². The number of ether oxygens (including phenoxy) is 2. The van der Waals surface area contributed by atoms with Crippen LogP contribution in [0.3, 0.4) is 0 Å². The van der Waals surface area contributed by atoms with E-state index in [-0.39, 0.29) is 0 Å². The Morgan fingerprint density at radius 2 is 1.56 bits per heavy atom. The van der Waals surface area contributed by atoms with E-state index < -0.39 is 0 Å². The Bertz CT molecular complexity index is 139. The molecule has 1 atom stereocenters. The summed E-state index contributed by atoms with van der Waals surface area (Å²) in [6.07, 6.45) is 2.30. The minimum Gasteiger partial charge on any atom is -0.383 e. The number of alkyl halides is 1. The van der Waals surface area contributed by atoms with Crippen molar-refractivity contribution >= 4 is 11.6 Å². The molecule has 0 amide bonds. The van der Waals surface area contributed by atoms with Crippen LogP contribution in [-0.4, -0.2) is 57.8 Å². The Labute approximate surface area is 105 Å². The van der Waals surface area contributed by atoms with Gasteiger partial charge in [-0.2, -0.15) is 0 Å². The molecule has 0 bridgehead atoms. The van der Waals surface area contributed by atoms with Crippen molar-refractivity contribution < 1.29 is 9.47 Å². The molecule has 0 saturated carbocycles. The monoisotopic (exact) mass is 251 g/mol. The van der Waals surface area contributed by atoms with Crippen LogP contribution in [0, 0.1) is 5.92 Å². The van der Waals surface area contributed by atoms with Crippen LogP contribution in [0.2, 0.25) is 0 Å². The average molecular weight is 252 g/mol. The molecule has 0 aliphatic heterocycles. The molecule has 1 unspecified atom stereocenters. The van der Waals surface area contributed by atoms with Crippen molar-refractivity contribution in [3.05, 3.63) is 0 Å². The number of nitrogens with zero attached hydrogens (tertiary/aromatic N) is 1. The van der Waals surface area contributed by atoms with Crippen LogP contribution < -0.4 is 0 Å². The van der Waals surface area contributed by atoms with Crippen molar-refractivity contribution in [3.63, 3.8) is 0 Å². The van der Waals surface area contributed by atoms with Gasteiger partial charge >= 0.3 is 0 Å². The highest BCUT2D eigenvalue weighted by Gasteiger charge is 2.07. The summed E-state index contributed by atoms with van der Waals surface area (Å²) < 4.78 is 10.2. The second-order valence-corrected chi connectivity index (χ2v) is 4.58. The maximum atomic E-state index is 5.73. The van der Waals surface area contributed by atoms with Crippen LogP contribution in [0.1, 0.15) is 19.8 Å². The number of hydrogen-bond donors (Lipinski definition) is 0. The summed E-state index contributed by atoms with van der Waals surface area (Å²) in [5, 5.41) is 0. The summed E-state index contributed by atoms with van der Waals surface area (Å²) in [4.78, 5) is 2.39. The van der Waals surface area contributed by atoms with Gasteiger partial charge in [0.1, 0.15) is 0 Å². The van der Waals surface area contributed by atoms with Gasteiger partial charge in [0.25, 0.3) is 0 Å². The third-order valence-corrected chi connectivity index (χ3v) is 2.98. The van der Waals surface area contributed by atoms with Crippen LogP contribution >= 0.6 is 11.6 Å². The second kappa shape index (κ2) is 11.6. The van der Waals surface area contributed by atoms with E-state index in [1.165, 1.54) is 6.42 Å². The summed E-state index contributed by atoms with van der Waals surface area (Å²) in [6, 6.07) is 0. The fraction of sp³-hybridized carbons (Fsp3) is 1.00. The van der Waals surface area contributed by atoms with Gasteiger partial charge in [0.2, 0.25) is 0 Å². The molecule has 3 nitrogen and oxygen atoms in total. The first kappa shape index (κ1) is 16.2. The lowest BCUT2D eigenvalue weighted by atomic mass is 10.1. The smallest absolute Gasteiger partial charge is 0.0589 e. The molecular weight excluding hydrogens is 226 g/mol. The quantitative estimate of drug-likeness (QED) is 0.526. The Morgan fingerprint density at radius 3 is 2.00 bits per heavy atom. The number of rotatable bonds is 11. The molecule has 0 aromatic heterocycles. The zero-order valence-corrected chi connectivity index (χ0v) is 11.6. The topological polar surface area (TPSA) is 21.7 Å². The first-order chi connectivity index (χ1) is 7.74. The van der Waals surface area contributed by atoms with E-state index in [9.17, 15) is 0 Å². The van der Waals surface area contributed by atoms with Crippen molar-refractivity contribution in [1.82, 2.24) is 4.90 Å². The van der Waals surface area contributed by atoms with Gasteiger partial charge in [0, 0.05) is 33.2 Å². The summed E-state index contributed by atoms with van der Waals surface area (Å²) >= 11 is 5.73. The Morgan fingerprint density at radius 1 is 1.00 bits per heavy atom. The van der Waals surface area contributed by atoms with Crippen LogP contribution in [0.25, 0.3) is 0 Å². The van der Waals surface area contributed by atoms with Crippen molar-refractivity contribution in [2.45, 2.75) is 19.8 Å². The predicted octanol–water partition coefficient (Wildman–Crippen LogP) is 2.24. The molecule has 0 rings (SSSR count). The minimum atomic E-state index is 0.699. The molecule has 0 aliphatic rings. The van der Waals surface area contributed by atoms with Crippen molar-refractivity contribution in [3.8, 4) is 0 Å². The highest BCUT2D eigenvalue weighted by Crippen LogP contribution is 2.09. The number of halogens is 1. The normalized spacial score (nSPS) is 13.3. The van der Waals surface area contributed by atoms with Gasteiger partial charge in [0.05, 0.1) is 13.2 Å². The van der Waals surface area contributed by atoms with Crippen LogP contribution in [0.4, 0.5) is 0 Å². The minimum absolute atomic E-state index is 0.699. The lowest BCUT2D eigenvalue weighted by Gasteiger charge is -2.23. The number of methoxy groups -OCH3 is 2. The van der Waals surface area contributed by atoms with Gasteiger partial charge in [0.15, 0.2) is 0 Å². The molecule has 0 fully saturated rings. The van der Waals surface area contributed by atoms with Crippen LogP contribution in [0.5, 0.6) is 0 Å². The Kier molecular flexibility index (Phi) is 11.8. The van der Waals surface area contributed by atoms with Gasteiger partial charge in [-0.1, -0.05) is 6.92 Å². The van der Waals surface area contributed by atoms with E-state index in [0.29, 0.717) is 5.92 Å². The van der Waals surface area contributed by atoms with E-state index in [0.717, 1.165) is 45.1 Å². The zero-order valence-electron chi connectivity index (χ0n) is 10.9. The van der Waals surface area contributed by atoms with Crippen LogP contribution in [-0.2, 0) is 9.47 Å². The molecule has 0 heterocycles. The molecule has 0 aromatic carbocycles. The Hall–Kier alpha value is 0.170. The SMILES string of the molecule is COCCN(CCOC)CCC(C)CCCl. The second-order valence-electron chi connectivity index (χ2n) is 4.20. The average Bonchev–Trinajstić information content (AvgIpc) is 2.28. The van der Waals surface area contributed by atoms with Crippen molar-refractivity contribution in [2.24, 2.45) is 5.92 Å². The molecular formula is C12H26ClNO2. The first-order valence-corrected chi connectivity index (χ1v) is 6.54. The maximum Gasteiger partial charge on any atom is 0.0589 e. The third kappa shape index (κ3) is 9.40. The first-order valence-electron chi connectivity index (χ1n) is 6.00. The zero-order chi connectivity index (χ0) is 12.2. The third-order valence-electron chi connectivity index (χ3n) is 2.76. The molecule has 98 valence electrons. The van der Waals surface area contributed by atoms with E-state index in [2.05, 4.69) is 11.8 Å². The summed E-state index contributed by atoms with van der Waals surface area (Å²) in [5.74, 6) is 1.46. The lowest BCUT2D eigenvalue weighted by molar-refractivity contribution is 0.110. The lowest BCUT2D eigenvalue weighted by Crippen LogP contribution is -2.32. The fourth-order valence-electron chi connectivity index (χ4n) is 1.51. The fourth-order valence-corrected chi connectivity index (χ4v) is 1.88. The Balaban J connectivity index is 3.71. The highest BCUT2D eigenvalue weighted by molar-refractivity contribution is 6.17. The van der Waals surface area contributed by atoms with Crippen LogP contribution in [0.15, 0.2) is 0 Å². The largest absolute Gasteiger partial charge is 0.383 e. The van der Waals surface area contributed by atoms with Gasteiger partial charge in [-0.15, -0.1) is 11.6 Å².